The van der Waals surface area contributed by atoms with Crippen LogP contribution in [0, 0.1) is 5.82 Å². The summed E-state index contributed by atoms with van der Waals surface area (Å²) in [7, 11) is -5.03. The van der Waals surface area contributed by atoms with Crippen LogP contribution in [-0.4, -0.2) is 19.4 Å². The maximum absolute atomic E-state index is 13.1. The molecule has 0 aromatic heterocycles. The predicted octanol–water partition coefficient (Wildman–Crippen LogP) is 2.44. The largest absolute Gasteiger partial charge is 0.507 e. The maximum atomic E-state index is 13.1. The van der Waals surface area contributed by atoms with Crippen molar-refractivity contribution in [2.24, 2.45) is 0 Å². The average Bonchev–Trinajstić information content (AvgIpc) is 2.41. The monoisotopic (exact) mass is 313 g/mol. The summed E-state index contributed by atoms with van der Waals surface area (Å²) in [5, 5.41) is 11.6. The number of phenols is 1. The quantitative estimate of drug-likeness (QED) is 0.853. The molecule has 2 N–H and O–H groups in total. The number of amides is 1. The van der Waals surface area contributed by atoms with Crippen molar-refractivity contribution in [2.75, 3.05) is 5.32 Å². The van der Waals surface area contributed by atoms with Gasteiger partial charge < -0.3 is 10.4 Å². The van der Waals surface area contributed by atoms with Gasteiger partial charge in [-0.25, -0.2) is 4.39 Å². The highest BCUT2D eigenvalue weighted by atomic mass is 32.3. The molecule has 0 fully saturated rings. The first-order valence-electron chi connectivity index (χ1n) is 5.62. The van der Waals surface area contributed by atoms with Crippen LogP contribution in [0.1, 0.15) is 10.4 Å². The lowest BCUT2D eigenvalue weighted by Gasteiger charge is -2.09. The van der Waals surface area contributed by atoms with Crippen LogP contribution in [0.25, 0.3) is 0 Å². The molecule has 2 aromatic carbocycles. The number of carbonyl (C=O) groups excluding carboxylic acids is 1. The van der Waals surface area contributed by atoms with E-state index in [9.17, 15) is 26.6 Å². The Morgan fingerprint density at radius 2 is 1.81 bits per heavy atom. The summed E-state index contributed by atoms with van der Waals surface area (Å²) in [5.74, 6) is -2.22. The molecular formula is C13H9F2NO4S. The topological polar surface area (TPSA) is 83.5 Å². The van der Waals surface area contributed by atoms with Crippen molar-refractivity contribution in [3.8, 4) is 5.75 Å². The van der Waals surface area contributed by atoms with E-state index in [0.717, 1.165) is 24.3 Å². The number of hydrogen-bond acceptors (Lipinski definition) is 4. The first kappa shape index (κ1) is 14.9. The standard InChI is InChI=1S/C13H9F2NO4S/c14-8-5-6-11(17)9(7-8)13(18)16-10-3-1-2-4-12(10)21(15,19)20/h1-7,17H,(H,16,18). The van der Waals surface area contributed by atoms with E-state index in [0.29, 0.717) is 0 Å². The number of carbonyl (C=O) groups is 1. The summed E-state index contributed by atoms with van der Waals surface area (Å²) in [6.07, 6.45) is 0. The summed E-state index contributed by atoms with van der Waals surface area (Å²) in [6.45, 7) is 0. The summed E-state index contributed by atoms with van der Waals surface area (Å²) in [5.41, 5.74) is -0.713. The number of aromatic hydroxyl groups is 1. The van der Waals surface area contributed by atoms with Crippen molar-refractivity contribution >= 4 is 21.8 Å². The zero-order valence-electron chi connectivity index (χ0n) is 10.4. The molecule has 0 saturated carbocycles. The van der Waals surface area contributed by atoms with E-state index < -0.39 is 38.2 Å². The Morgan fingerprint density at radius 1 is 1.14 bits per heavy atom. The van der Waals surface area contributed by atoms with Crippen LogP contribution < -0.4 is 5.32 Å². The molecule has 0 aliphatic rings. The Balaban J connectivity index is 2.39. The lowest BCUT2D eigenvalue weighted by Crippen LogP contribution is -2.14. The molecule has 1 amide bonds. The molecule has 0 atom stereocenters. The van der Waals surface area contributed by atoms with Gasteiger partial charge in [-0.3, -0.25) is 4.79 Å². The van der Waals surface area contributed by atoms with Crippen molar-refractivity contribution < 1.29 is 26.6 Å². The Hall–Kier alpha value is -2.48. The number of rotatable bonds is 3. The van der Waals surface area contributed by atoms with Gasteiger partial charge in [0, 0.05) is 0 Å². The second kappa shape index (κ2) is 5.49. The fourth-order valence-corrected chi connectivity index (χ4v) is 2.29. The van der Waals surface area contributed by atoms with Crippen LogP contribution in [0.15, 0.2) is 47.4 Å². The second-order valence-electron chi connectivity index (χ2n) is 4.05. The lowest BCUT2D eigenvalue weighted by atomic mass is 10.1. The minimum Gasteiger partial charge on any atom is -0.507 e. The van der Waals surface area contributed by atoms with Crippen LogP contribution in [0.3, 0.4) is 0 Å². The van der Waals surface area contributed by atoms with Crippen molar-refractivity contribution in [3.05, 3.63) is 53.8 Å². The molecule has 0 spiro atoms. The van der Waals surface area contributed by atoms with E-state index in [4.69, 9.17) is 0 Å². The van der Waals surface area contributed by atoms with Crippen molar-refractivity contribution in [2.45, 2.75) is 4.90 Å². The number of phenolic OH excluding ortho intramolecular Hbond substituents is 1. The summed E-state index contributed by atoms with van der Waals surface area (Å²) in [6, 6.07) is 7.50. The van der Waals surface area contributed by atoms with E-state index in [1.807, 2.05) is 0 Å². The minimum atomic E-state index is -5.03. The van der Waals surface area contributed by atoms with Gasteiger partial charge in [0.05, 0.1) is 11.3 Å². The third-order valence-corrected chi connectivity index (χ3v) is 3.48. The van der Waals surface area contributed by atoms with Crippen molar-refractivity contribution in [1.82, 2.24) is 0 Å². The van der Waals surface area contributed by atoms with E-state index in [-0.39, 0.29) is 5.69 Å². The van der Waals surface area contributed by atoms with Crippen molar-refractivity contribution in [1.29, 1.82) is 0 Å². The number of benzene rings is 2. The molecule has 5 nitrogen and oxygen atoms in total. The Kier molecular flexibility index (Phi) is 3.90. The number of anilines is 1. The normalized spacial score (nSPS) is 11.1. The molecule has 0 aliphatic heterocycles. The smallest absolute Gasteiger partial charge is 0.334 e. The van der Waals surface area contributed by atoms with Gasteiger partial charge in [-0.05, 0) is 30.3 Å². The molecule has 2 rings (SSSR count). The zero-order valence-corrected chi connectivity index (χ0v) is 11.2. The Morgan fingerprint density at radius 3 is 2.48 bits per heavy atom. The number of nitrogens with one attached hydrogen (secondary N) is 1. The van der Waals surface area contributed by atoms with Gasteiger partial charge in [-0.15, -0.1) is 3.89 Å². The zero-order chi connectivity index (χ0) is 15.6. The third-order valence-electron chi connectivity index (χ3n) is 2.60. The predicted molar refractivity (Wildman–Crippen MR) is 70.8 cm³/mol. The number of halogens is 2. The molecular weight excluding hydrogens is 304 g/mol. The van der Waals surface area contributed by atoms with Crippen LogP contribution in [0.5, 0.6) is 5.75 Å². The molecule has 0 saturated heterocycles. The Labute approximate surface area is 119 Å². The fourth-order valence-electron chi connectivity index (χ4n) is 1.66. The molecule has 2 aromatic rings. The van der Waals surface area contributed by atoms with Gasteiger partial charge in [-0.1, -0.05) is 12.1 Å². The molecule has 0 heterocycles. The van der Waals surface area contributed by atoms with Gasteiger partial charge in [0.2, 0.25) is 0 Å². The molecule has 0 bridgehead atoms. The fraction of sp³-hybridized carbons (Fsp3) is 0. The van der Waals surface area contributed by atoms with Crippen LogP contribution in [-0.2, 0) is 10.2 Å². The van der Waals surface area contributed by atoms with Gasteiger partial charge >= 0.3 is 10.2 Å². The first-order valence-corrected chi connectivity index (χ1v) is 7.01. The maximum Gasteiger partial charge on any atom is 0.334 e. The molecule has 0 radical (unpaired) electrons. The van der Waals surface area contributed by atoms with E-state index in [1.165, 1.54) is 18.2 Å². The molecule has 21 heavy (non-hydrogen) atoms. The van der Waals surface area contributed by atoms with Crippen LogP contribution in [0.2, 0.25) is 0 Å². The highest BCUT2D eigenvalue weighted by Crippen LogP contribution is 2.25. The summed E-state index contributed by atoms with van der Waals surface area (Å²) < 4.78 is 48.1. The highest BCUT2D eigenvalue weighted by Gasteiger charge is 2.20. The van der Waals surface area contributed by atoms with E-state index in [2.05, 4.69) is 5.32 Å². The second-order valence-corrected chi connectivity index (χ2v) is 5.37. The SMILES string of the molecule is O=C(Nc1ccccc1S(=O)(=O)F)c1cc(F)ccc1O. The summed E-state index contributed by atoms with van der Waals surface area (Å²) in [4.78, 5) is 11.2. The number of hydrogen-bond donors (Lipinski definition) is 2. The van der Waals surface area contributed by atoms with E-state index in [1.54, 1.807) is 0 Å². The van der Waals surface area contributed by atoms with Crippen molar-refractivity contribution in [3.63, 3.8) is 0 Å². The average molecular weight is 313 g/mol. The Bertz CT molecular complexity index is 806. The van der Waals surface area contributed by atoms with E-state index >= 15 is 0 Å². The van der Waals surface area contributed by atoms with Gasteiger partial charge in [0.25, 0.3) is 5.91 Å². The molecule has 0 unspecified atom stereocenters. The van der Waals surface area contributed by atoms with Crippen LogP contribution >= 0.6 is 0 Å². The number of para-hydroxylation sites is 1. The van der Waals surface area contributed by atoms with Gasteiger partial charge in [-0.2, -0.15) is 8.42 Å². The molecule has 110 valence electrons. The first-order chi connectivity index (χ1) is 9.79. The molecule has 8 heteroatoms. The molecule has 0 aliphatic carbocycles. The third kappa shape index (κ3) is 3.34. The van der Waals surface area contributed by atoms with Gasteiger partial charge in [0.1, 0.15) is 16.5 Å². The highest BCUT2D eigenvalue weighted by molar-refractivity contribution is 7.86. The van der Waals surface area contributed by atoms with Crippen LogP contribution in [0.4, 0.5) is 14.0 Å². The minimum absolute atomic E-state index is 0.311. The summed E-state index contributed by atoms with van der Waals surface area (Å²) >= 11 is 0. The van der Waals surface area contributed by atoms with Gasteiger partial charge in [0.15, 0.2) is 0 Å². The lowest BCUT2D eigenvalue weighted by molar-refractivity contribution is 0.102.